The number of nitrogens with one attached hydrogen (secondary N) is 3. The number of para-hydroxylation sites is 1. The lowest BCUT2D eigenvalue weighted by atomic mass is 10.1. The molecule has 2 heterocycles. The third kappa shape index (κ3) is 4.58. The Bertz CT molecular complexity index is 1410. The molecular formula is C24H21BrFN5O2. The predicted molar refractivity (Wildman–Crippen MR) is 133 cm³/mol. The Balaban J connectivity index is 1.77. The van der Waals surface area contributed by atoms with Crippen LogP contribution in [0.2, 0.25) is 0 Å². The third-order valence-corrected chi connectivity index (χ3v) is 5.83. The van der Waals surface area contributed by atoms with Gasteiger partial charge in [0.1, 0.15) is 11.6 Å². The molecule has 9 heteroatoms. The number of anilines is 3. The van der Waals surface area contributed by atoms with E-state index >= 15 is 0 Å². The van der Waals surface area contributed by atoms with Crippen molar-refractivity contribution in [2.75, 3.05) is 23.0 Å². The maximum Gasteiger partial charge on any atom is 0.323 e. The van der Waals surface area contributed by atoms with E-state index in [1.54, 1.807) is 43.7 Å². The number of benzene rings is 2. The van der Waals surface area contributed by atoms with Gasteiger partial charge in [-0.15, -0.1) is 0 Å². The topological polar surface area (TPSA) is 88.1 Å². The molecule has 0 aliphatic carbocycles. The number of fused-ring (bicyclic) bond motifs is 1. The number of pyridine rings is 2. The second-order valence-corrected chi connectivity index (χ2v) is 8.13. The highest BCUT2D eigenvalue weighted by Crippen LogP contribution is 2.29. The summed E-state index contributed by atoms with van der Waals surface area (Å²) in [6, 6.07) is 12.7. The Labute approximate surface area is 197 Å². The summed E-state index contributed by atoms with van der Waals surface area (Å²) in [4.78, 5) is 30.1. The molecule has 4 aromatic rings. The molecule has 0 unspecified atom stereocenters. The smallest absolute Gasteiger partial charge is 0.323 e. The molecule has 168 valence electrons. The zero-order valence-electron chi connectivity index (χ0n) is 17.9. The molecule has 7 nitrogen and oxygen atoms in total. The van der Waals surface area contributed by atoms with Gasteiger partial charge in [0, 0.05) is 40.6 Å². The van der Waals surface area contributed by atoms with E-state index in [0.29, 0.717) is 33.6 Å². The van der Waals surface area contributed by atoms with Crippen LogP contribution in [0.25, 0.3) is 16.5 Å². The molecule has 0 aliphatic heterocycles. The molecule has 2 aromatic heterocycles. The molecule has 0 fully saturated rings. The largest absolute Gasteiger partial charge is 0.373 e. The van der Waals surface area contributed by atoms with E-state index in [1.807, 2.05) is 19.1 Å². The lowest BCUT2D eigenvalue weighted by molar-refractivity contribution is 0.262. The van der Waals surface area contributed by atoms with Gasteiger partial charge in [-0.2, -0.15) is 0 Å². The highest BCUT2D eigenvalue weighted by atomic mass is 79.9. The number of aromatic nitrogens is 2. The third-order valence-electron chi connectivity index (χ3n) is 5.19. The molecule has 4 rings (SSSR count). The van der Waals surface area contributed by atoms with Crippen LogP contribution in [0.3, 0.4) is 0 Å². The number of rotatable bonds is 5. The van der Waals surface area contributed by atoms with Crippen molar-refractivity contribution in [3.05, 3.63) is 87.1 Å². The SMILES string of the molecule is CCc1c(=O)n(-c2cc(NC(=O)Nc3ccccc3)c(F)cc2Br)cc2cnc(NC)cc12. The van der Waals surface area contributed by atoms with Crippen LogP contribution in [0.4, 0.5) is 26.4 Å². The summed E-state index contributed by atoms with van der Waals surface area (Å²) in [5, 5.41) is 9.70. The zero-order valence-corrected chi connectivity index (χ0v) is 19.5. The minimum Gasteiger partial charge on any atom is -0.373 e. The Kier molecular flexibility index (Phi) is 6.41. The van der Waals surface area contributed by atoms with Crippen LogP contribution in [-0.2, 0) is 6.42 Å². The van der Waals surface area contributed by atoms with E-state index in [9.17, 15) is 14.0 Å². The Hall–Kier alpha value is -3.72. The van der Waals surface area contributed by atoms with Gasteiger partial charge < -0.3 is 16.0 Å². The molecule has 2 aromatic carbocycles. The first-order valence-electron chi connectivity index (χ1n) is 10.3. The number of halogens is 2. The molecule has 0 saturated heterocycles. The zero-order chi connectivity index (χ0) is 23.5. The fraction of sp³-hybridized carbons (Fsp3) is 0.125. The first kappa shape index (κ1) is 22.5. The van der Waals surface area contributed by atoms with Crippen molar-refractivity contribution in [3.8, 4) is 5.69 Å². The first-order valence-corrected chi connectivity index (χ1v) is 11.0. The molecular weight excluding hydrogens is 489 g/mol. The van der Waals surface area contributed by atoms with Crippen molar-refractivity contribution >= 4 is 49.9 Å². The van der Waals surface area contributed by atoms with Crippen LogP contribution in [0.5, 0.6) is 0 Å². The number of hydrogen-bond donors (Lipinski definition) is 3. The monoisotopic (exact) mass is 509 g/mol. The average Bonchev–Trinajstić information content (AvgIpc) is 2.81. The minimum atomic E-state index is -0.640. The van der Waals surface area contributed by atoms with E-state index in [1.165, 1.54) is 16.7 Å². The van der Waals surface area contributed by atoms with Crippen molar-refractivity contribution in [2.45, 2.75) is 13.3 Å². The van der Waals surface area contributed by atoms with Crippen LogP contribution in [0.1, 0.15) is 12.5 Å². The molecule has 3 N–H and O–H groups in total. The molecule has 33 heavy (non-hydrogen) atoms. The van der Waals surface area contributed by atoms with Crippen LogP contribution >= 0.6 is 15.9 Å². The highest BCUT2D eigenvalue weighted by molar-refractivity contribution is 9.10. The van der Waals surface area contributed by atoms with E-state index < -0.39 is 11.8 Å². The predicted octanol–water partition coefficient (Wildman–Crippen LogP) is 5.54. The summed E-state index contributed by atoms with van der Waals surface area (Å²) >= 11 is 3.35. The Morgan fingerprint density at radius 1 is 1.15 bits per heavy atom. The molecule has 0 saturated carbocycles. The quantitative estimate of drug-likeness (QED) is 0.329. The number of aryl methyl sites for hydroxylation is 1. The number of hydrogen-bond acceptors (Lipinski definition) is 4. The van der Waals surface area contributed by atoms with Crippen LogP contribution in [-0.4, -0.2) is 22.6 Å². The normalized spacial score (nSPS) is 10.8. The van der Waals surface area contributed by atoms with Gasteiger partial charge in [-0.1, -0.05) is 25.1 Å². The molecule has 0 spiro atoms. The Morgan fingerprint density at radius 3 is 2.61 bits per heavy atom. The number of urea groups is 1. The van der Waals surface area contributed by atoms with Crippen molar-refractivity contribution in [2.24, 2.45) is 0 Å². The maximum atomic E-state index is 14.7. The maximum absolute atomic E-state index is 14.7. The lowest BCUT2D eigenvalue weighted by Gasteiger charge is -2.16. The Morgan fingerprint density at radius 2 is 1.91 bits per heavy atom. The fourth-order valence-corrected chi connectivity index (χ4v) is 4.08. The number of carbonyl (C=O) groups excluding carboxylic acids is 1. The molecule has 0 bridgehead atoms. The van der Waals surface area contributed by atoms with E-state index in [2.05, 4.69) is 36.9 Å². The molecule has 2 amide bonds. The van der Waals surface area contributed by atoms with Gasteiger partial charge in [-0.3, -0.25) is 9.36 Å². The number of nitrogens with zero attached hydrogens (tertiary/aromatic N) is 2. The van der Waals surface area contributed by atoms with Crippen molar-refractivity contribution in [1.29, 1.82) is 0 Å². The number of carbonyl (C=O) groups is 1. The van der Waals surface area contributed by atoms with Gasteiger partial charge in [0.2, 0.25) is 0 Å². The summed E-state index contributed by atoms with van der Waals surface area (Å²) < 4.78 is 16.5. The average molecular weight is 510 g/mol. The summed E-state index contributed by atoms with van der Waals surface area (Å²) in [6.07, 6.45) is 3.85. The van der Waals surface area contributed by atoms with Crippen LogP contribution in [0, 0.1) is 5.82 Å². The van der Waals surface area contributed by atoms with Crippen LogP contribution < -0.4 is 21.5 Å². The van der Waals surface area contributed by atoms with Gasteiger partial charge in [-0.05, 0) is 58.1 Å². The summed E-state index contributed by atoms with van der Waals surface area (Å²) in [5.74, 6) is 0.0203. The first-order chi connectivity index (χ1) is 15.9. The van der Waals surface area contributed by atoms with E-state index in [4.69, 9.17) is 0 Å². The van der Waals surface area contributed by atoms with Gasteiger partial charge in [0.05, 0.1) is 11.4 Å². The van der Waals surface area contributed by atoms with Crippen molar-refractivity contribution < 1.29 is 9.18 Å². The molecule has 0 radical (unpaired) electrons. The summed E-state index contributed by atoms with van der Waals surface area (Å²) in [7, 11) is 1.76. The van der Waals surface area contributed by atoms with Crippen molar-refractivity contribution in [1.82, 2.24) is 9.55 Å². The van der Waals surface area contributed by atoms with E-state index in [0.717, 1.165) is 10.8 Å². The molecule has 0 atom stereocenters. The summed E-state index contributed by atoms with van der Waals surface area (Å²) in [6.45, 7) is 1.90. The van der Waals surface area contributed by atoms with Gasteiger partial charge in [0.15, 0.2) is 0 Å². The van der Waals surface area contributed by atoms with Gasteiger partial charge >= 0.3 is 6.03 Å². The van der Waals surface area contributed by atoms with Gasteiger partial charge in [-0.25, -0.2) is 14.2 Å². The standard InChI is InChI=1S/C24H21BrFN5O2/c1-3-16-17-9-22(27-2)28-12-14(17)13-31(23(16)32)21-11-20(19(26)10-18(21)25)30-24(33)29-15-7-5-4-6-8-15/h4-13,27H,3H2,1-2H3,(H2,29,30,33). The second kappa shape index (κ2) is 9.41. The minimum absolute atomic E-state index is 0.0599. The van der Waals surface area contributed by atoms with Crippen molar-refractivity contribution in [3.63, 3.8) is 0 Å². The second-order valence-electron chi connectivity index (χ2n) is 7.27. The van der Waals surface area contributed by atoms with Crippen LogP contribution in [0.15, 0.2) is 70.2 Å². The highest BCUT2D eigenvalue weighted by Gasteiger charge is 2.16. The molecule has 0 aliphatic rings. The summed E-state index contributed by atoms with van der Waals surface area (Å²) in [5.41, 5.74) is 1.28. The number of amides is 2. The fourth-order valence-electron chi connectivity index (χ4n) is 3.57. The van der Waals surface area contributed by atoms with Gasteiger partial charge in [0.25, 0.3) is 5.56 Å². The van der Waals surface area contributed by atoms with E-state index in [-0.39, 0.29) is 11.2 Å². The lowest BCUT2D eigenvalue weighted by Crippen LogP contribution is -2.23.